The minimum atomic E-state index is 0.117. The van der Waals surface area contributed by atoms with E-state index in [1.165, 1.54) is 11.1 Å². The molecule has 1 heterocycles. The lowest BCUT2D eigenvalue weighted by Crippen LogP contribution is -2.23. The Morgan fingerprint density at radius 2 is 2.05 bits per heavy atom. The average molecular weight is 314 g/mol. The van der Waals surface area contributed by atoms with Crippen LogP contribution >= 0.6 is 34.5 Å². The first-order chi connectivity index (χ1) is 9.13. The number of halogens is 2. The molecule has 0 aliphatic heterocycles. The van der Waals surface area contributed by atoms with Crippen molar-refractivity contribution in [1.29, 1.82) is 0 Å². The lowest BCUT2D eigenvalue weighted by molar-refractivity contribution is 0.603. The normalized spacial score (nSPS) is 12.6. The van der Waals surface area contributed by atoms with Crippen molar-refractivity contribution in [1.82, 2.24) is 5.32 Å². The first-order valence-electron chi connectivity index (χ1n) is 6.35. The second-order valence-electron chi connectivity index (χ2n) is 4.52. The number of aryl methyl sites for hydroxylation is 1. The number of thiophene rings is 1. The van der Waals surface area contributed by atoms with Gasteiger partial charge in [0.1, 0.15) is 0 Å². The molecule has 1 N–H and O–H groups in total. The van der Waals surface area contributed by atoms with Crippen LogP contribution < -0.4 is 5.32 Å². The molecule has 0 amide bonds. The highest BCUT2D eigenvalue weighted by Crippen LogP contribution is 2.35. The molecule has 1 unspecified atom stereocenters. The molecule has 4 heteroatoms. The van der Waals surface area contributed by atoms with Crippen LogP contribution in [0, 0.1) is 6.92 Å². The van der Waals surface area contributed by atoms with Crippen LogP contribution in [0.3, 0.4) is 0 Å². The molecular formula is C15H17Cl2NS. The summed E-state index contributed by atoms with van der Waals surface area (Å²) in [7, 11) is 0. The molecule has 2 aromatic rings. The fraction of sp³-hybridized carbons (Fsp3) is 0.333. The molecule has 0 saturated heterocycles. The molecule has 1 atom stereocenters. The van der Waals surface area contributed by atoms with Gasteiger partial charge in [0.15, 0.2) is 0 Å². The van der Waals surface area contributed by atoms with Crippen LogP contribution in [0.5, 0.6) is 0 Å². The monoisotopic (exact) mass is 313 g/mol. The number of hydrogen-bond acceptors (Lipinski definition) is 2. The Morgan fingerprint density at radius 1 is 1.26 bits per heavy atom. The third-order valence-electron chi connectivity index (χ3n) is 3.06. The van der Waals surface area contributed by atoms with Crippen LogP contribution in [0.1, 0.15) is 35.4 Å². The van der Waals surface area contributed by atoms with Gasteiger partial charge in [-0.15, -0.1) is 11.3 Å². The Kier molecular flexibility index (Phi) is 5.28. The maximum absolute atomic E-state index is 6.29. The van der Waals surface area contributed by atoms with Crippen molar-refractivity contribution in [2.45, 2.75) is 26.3 Å². The van der Waals surface area contributed by atoms with Gasteiger partial charge < -0.3 is 5.32 Å². The van der Waals surface area contributed by atoms with Gasteiger partial charge in [0.05, 0.1) is 11.1 Å². The largest absolute Gasteiger partial charge is 0.306 e. The Bertz CT molecular complexity index is 551. The summed E-state index contributed by atoms with van der Waals surface area (Å²) >= 11 is 14.1. The van der Waals surface area contributed by atoms with E-state index in [2.05, 4.69) is 25.2 Å². The highest BCUT2D eigenvalue weighted by molar-refractivity contribution is 7.10. The number of rotatable bonds is 5. The van der Waals surface area contributed by atoms with Gasteiger partial charge in [-0.3, -0.25) is 0 Å². The first-order valence-corrected chi connectivity index (χ1v) is 7.99. The smallest absolute Gasteiger partial charge is 0.0689 e. The van der Waals surface area contributed by atoms with Crippen LogP contribution in [-0.2, 0) is 0 Å². The third kappa shape index (κ3) is 3.51. The van der Waals surface area contributed by atoms with E-state index in [0.717, 1.165) is 27.9 Å². The Morgan fingerprint density at radius 3 is 2.68 bits per heavy atom. The van der Waals surface area contributed by atoms with Crippen molar-refractivity contribution in [3.63, 3.8) is 0 Å². The van der Waals surface area contributed by atoms with Gasteiger partial charge in [0, 0.05) is 9.90 Å². The van der Waals surface area contributed by atoms with Gasteiger partial charge in [-0.2, -0.15) is 0 Å². The molecule has 0 aliphatic carbocycles. The van der Waals surface area contributed by atoms with Crippen molar-refractivity contribution in [3.8, 4) is 0 Å². The number of nitrogens with one attached hydrogen (secondary N) is 1. The summed E-state index contributed by atoms with van der Waals surface area (Å²) < 4.78 is 0. The molecule has 19 heavy (non-hydrogen) atoms. The predicted octanol–water partition coefficient (Wildman–Crippen LogP) is 5.45. The Hall–Kier alpha value is -0.540. The van der Waals surface area contributed by atoms with Crippen LogP contribution in [-0.4, -0.2) is 6.54 Å². The molecule has 1 nitrogen and oxygen atoms in total. The maximum Gasteiger partial charge on any atom is 0.0689 e. The van der Waals surface area contributed by atoms with Crippen molar-refractivity contribution >= 4 is 34.5 Å². The van der Waals surface area contributed by atoms with E-state index < -0.39 is 0 Å². The number of hydrogen-bond donors (Lipinski definition) is 1. The molecule has 1 aromatic heterocycles. The fourth-order valence-electron chi connectivity index (χ4n) is 2.07. The summed E-state index contributed by atoms with van der Waals surface area (Å²) in [5, 5.41) is 7.17. The van der Waals surface area contributed by atoms with E-state index in [4.69, 9.17) is 23.2 Å². The van der Waals surface area contributed by atoms with E-state index in [1.807, 2.05) is 23.6 Å². The zero-order valence-electron chi connectivity index (χ0n) is 11.0. The van der Waals surface area contributed by atoms with Crippen molar-refractivity contribution < 1.29 is 0 Å². The molecule has 0 aliphatic rings. The SMILES string of the molecule is CCCNC(c1cc(Cl)ccc1C)c1sccc1Cl. The molecule has 0 fully saturated rings. The zero-order valence-corrected chi connectivity index (χ0v) is 13.4. The Balaban J connectivity index is 2.42. The molecular weight excluding hydrogens is 297 g/mol. The molecule has 0 bridgehead atoms. The summed E-state index contributed by atoms with van der Waals surface area (Å²) in [5.74, 6) is 0. The topological polar surface area (TPSA) is 12.0 Å². The van der Waals surface area contributed by atoms with E-state index in [9.17, 15) is 0 Å². The summed E-state index contributed by atoms with van der Waals surface area (Å²) in [5.41, 5.74) is 2.42. The minimum Gasteiger partial charge on any atom is -0.306 e. The number of benzene rings is 1. The van der Waals surface area contributed by atoms with Crippen LogP contribution in [0.15, 0.2) is 29.6 Å². The average Bonchev–Trinajstić information content (AvgIpc) is 2.80. The van der Waals surface area contributed by atoms with Gasteiger partial charge >= 0.3 is 0 Å². The lowest BCUT2D eigenvalue weighted by Gasteiger charge is -2.20. The zero-order chi connectivity index (χ0) is 13.8. The molecule has 1 aromatic carbocycles. The third-order valence-corrected chi connectivity index (χ3v) is 4.72. The van der Waals surface area contributed by atoms with Crippen LogP contribution in [0.2, 0.25) is 10.0 Å². The van der Waals surface area contributed by atoms with E-state index in [1.54, 1.807) is 11.3 Å². The Labute approximate surface area is 128 Å². The van der Waals surface area contributed by atoms with Crippen LogP contribution in [0.4, 0.5) is 0 Å². The lowest BCUT2D eigenvalue weighted by atomic mass is 10.00. The molecule has 0 radical (unpaired) electrons. The highest BCUT2D eigenvalue weighted by Gasteiger charge is 2.19. The highest BCUT2D eigenvalue weighted by atomic mass is 35.5. The van der Waals surface area contributed by atoms with Crippen LogP contribution in [0.25, 0.3) is 0 Å². The van der Waals surface area contributed by atoms with Gasteiger partial charge in [-0.25, -0.2) is 0 Å². The molecule has 0 saturated carbocycles. The standard InChI is InChI=1S/C15H17Cl2NS/c1-3-7-18-14(15-13(17)6-8-19-15)12-9-11(16)5-4-10(12)2/h4-6,8-9,14,18H,3,7H2,1-2H3. The van der Waals surface area contributed by atoms with Crippen molar-refractivity contribution in [2.24, 2.45) is 0 Å². The van der Waals surface area contributed by atoms with E-state index >= 15 is 0 Å². The van der Waals surface area contributed by atoms with Gasteiger partial charge in [0.25, 0.3) is 0 Å². The quantitative estimate of drug-likeness (QED) is 0.773. The fourth-order valence-corrected chi connectivity index (χ4v) is 3.51. The summed E-state index contributed by atoms with van der Waals surface area (Å²) in [6.07, 6.45) is 1.08. The van der Waals surface area contributed by atoms with Gasteiger partial charge in [-0.1, -0.05) is 36.2 Å². The summed E-state index contributed by atoms with van der Waals surface area (Å²) in [6.45, 7) is 5.21. The van der Waals surface area contributed by atoms with Gasteiger partial charge in [-0.05, 0) is 54.6 Å². The molecule has 102 valence electrons. The summed E-state index contributed by atoms with van der Waals surface area (Å²) in [4.78, 5) is 1.15. The summed E-state index contributed by atoms with van der Waals surface area (Å²) in [6, 6.07) is 8.07. The van der Waals surface area contributed by atoms with Crippen molar-refractivity contribution in [3.05, 3.63) is 55.7 Å². The van der Waals surface area contributed by atoms with E-state index in [0.29, 0.717) is 0 Å². The second-order valence-corrected chi connectivity index (χ2v) is 6.31. The van der Waals surface area contributed by atoms with Crippen molar-refractivity contribution in [2.75, 3.05) is 6.54 Å². The maximum atomic E-state index is 6.29. The van der Waals surface area contributed by atoms with E-state index in [-0.39, 0.29) is 6.04 Å². The molecule has 2 rings (SSSR count). The second kappa shape index (κ2) is 6.76. The molecule has 0 spiro atoms. The first kappa shape index (κ1) is 14.9. The predicted molar refractivity (Wildman–Crippen MR) is 85.7 cm³/mol. The van der Waals surface area contributed by atoms with Gasteiger partial charge in [0.2, 0.25) is 0 Å². The minimum absolute atomic E-state index is 0.117.